The van der Waals surface area contributed by atoms with Crippen LogP contribution in [0.2, 0.25) is 5.02 Å². The number of rotatable bonds is 4. The van der Waals surface area contributed by atoms with Gasteiger partial charge in [0.1, 0.15) is 5.56 Å². The predicted octanol–water partition coefficient (Wildman–Crippen LogP) is 2.45. The second-order valence-electron chi connectivity index (χ2n) is 5.26. The minimum atomic E-state index is -0.569. The summed E-state index contributed by atoms with van der Waals surface area (Å²) in [6, 6.07) is 4.15. The van der Waals surface area contributed by atoms with Crippen molar-refractivity contribution in [2.45, 2.75) is 19.3 Å². The number of nitrogens with zero attached hydrogens (tertiary/aromatic N) is 2. The summed E-state index contributed by atoms with van der Waals surface area (Å²) in [5.41, 5.74) is 5.42. The highest BCUT2D eigenvalue weighted by Gasteiger charge is 2.28. The fourth-order valence-corrected chi connectivity index (χ4v) is 2.89. The Morgan fingerprint density at radius 2 is 2.29 bits per heavy atom. The molecule has 1 heterocycles. The maximum absolute atomic E-state index is 12.5. The molecule has 1 aromatic rings. The van der Waals surface area contributed by atoms with Crippen molar-refractivity contribution < 1.29 is 9.72 Å². The molecular weight excluding hydrogens is 294 g/mol. The van der Waals surface area contributed by atoms with Gasteiger partial charge in [-0.05, 0) is 43.9 Å². The van der Waals surface area contributed by atoms with E-state index in [-0.39, 0.29) is 22.2 Å². The van der Waals surface area contributed by atoms with Crippen molar-refractivity contribution in [1.82, 2.24) is 4.90 Å². The molecule has 21 heavy (non-hydrogen) atoms. The van der Waals surface area contributed by atoms with E-state index in [1.165, 1.54) is 18.2 Å². The lowest BCUT2D eigenvalue weighted by Crippen LogP contribution is -2.40. The van der Waals surface area contributed by atoms with E-state index >= 15 is 0 Å². The molecule has 1 aromatic carbocycles. The van der Waals surface area contributed by atoms with Gasteiger partial charge < -0.3 is 10.6 Å². The lowest BCUT2D eigenvalue weighted by Gasteiger charge is -2.32. The Morgan fingerprint density at radius 1 is 1.52 bits per heavy atom. The van der Waals surface area contributed by atoms with E-state index in [0.717, 1.165) is 19.3 Å². The van der Waals surface area contributed by atoms with Crippen LogP contribution in [0.1, 0.15) is 29.6 Å². The van der Waals surface area contributed by atoms with Gasteiger partial charge in [0, 0.05) is 24.2 Å². The van der Waals surface area contributed by atoms with Gasteiger partial charge in [0.05, 0.1) is 4.92 Å². The van der Waals surface area contributed by atoms with Gasteiger partial charge in [0.15, 0.2) is 0 Å². The smallest absolute Gasteiger partial charge is 0.283 e. The molecule has 0 aliphatic carbocycles. The Kier molecular flexibility index (Phi) is 5.14. The van der Waals surface area contributed by atoms with Crippen LogP contribution in [0.4, 0.5) is 5.69 Å². The first-order valence-electron chi connectivity index (χ1n) is 6.96. The van der Waals surface area contributed by atoms with Crippen molar-refractivity contribution in [2.24, 2.45) is 11.7 Å². The molecule has 1 amide bonds. The highest BCUT2D eigenvalue weighted by molar-refractivity contribution is 6.31. The number of likely N-dealkylation sites (tertiary alicyclic amines) is 1. The zero-order chi connectivity index (χ0) is 15.4. The minimum absolute atomic E-state index is 0.0952. The second-order valence-corrected chi connectivity index (χ2v) is 5.69. The minimum Gasteiger partial charge on any atom is -0.338 e. The van der Waals surface area contributed by atoms with Gasteiger partial charge in [0.2, 0.25) is 0 Å². The van der Waals surface area contributed by atoms with E-state index in [2.05, 4.69) is 0 Å². The van der Waals surface area contributed by atoms with Crippen molar-refractivity contribution in [1.29, 1.82) is 0 Å². The van der Waals surface area contributed by atoms with Gasteiger partial charge in [-0.15, -0.1) is 0 Å². The zero-order valence-corrected chi connectivity index (χ0v) is 12.4. The summed E-state index contributed by atoms with van der Waals surface area (Å²) >= 11 is 5.77. The van der Waals surface area contributed by atoms with Crippen molar-refractivity contribution in [3.05, 3.63) is 38.9 Å². The molecule has 0 bridgehead atoms. The van der Waals surface area contributed by atoms with Crippen molar-refractivity contribution >= 4 is 23.2 Å². The van der Waals surface area contributed by atoms with E-state index in [0.29, 0.717) is 25.6 Å². The van der Waals surface area contributed by atoms with Crippen molar-refractivity contribution in [3.63, 3.8) is 0 Å². The summed E-state index contributed by atoms with van der Waals surface area (Å²) in [6.45, 7) is 1.82. The average molecular weight is 312 g/mol. The van der Waals surface area contributed by atoms with Crippen LogP contribution in [0.15, 0.2) is 18.2 Å². The number of carbonyl (C=O) groups is 1. The normalized spacial score (nSPS) is 18.6. The number of benzene rings is 1. The number of hydrogen-bond acceptors (Lipinski definition) is 4. The monoisotopic (exact) mass is 311 g/mol. The number of carbonyl (C=O) groups excluding carboxylic acids is 1. The molecule has 6 nitrogen and oxygen atoms in total. The number of hydrogen-bond donors (Lipinski definition) is 1. The van der Waals surface area contributed by atoms with Gasteiger partial charge in [-0.2, -0.15) is 0 Å². The van der Waals surface area contributed by atoms with Gasteiger partial charge in [0.25, 0.3) is 11.6 Å². The van der Waals surface area contributed by atoms with Crippen molar-refractivity contribution in [3.8, 4) is 0 Å². The van der Waals surface area contributed by atoms with E-state index in [9.17, 15) is 14.9 Å². The molecule has 0 saturated carbocycles. The number of amides is 1. The largest absolute Gasteiger partial charge is 0.338 e. The van der Waals surface area contributed by atoms with Crippen LogP contribution in [0, 0.1) is 16.0 Å². The third-order valence-electron chi connectivity index (χ3n) is 3.77. The quantitative estimate of drug-likeness (QED) is 0.683. The van der Waals surface area contributed by atoms with Gasteiger partial charge in [-0.25, -0.2) is 0 Å². The fraction of sp³-hybridized carbons (Fsp3) is 0.500. The van der Waals surface area contributed by atoms with Gasteiger partial charge >= 0.3 is 0 Å². The van der Waals surface area contributed by atoms with Crippen LogP contribution in [0.3, 0.4) is 0 Å². The summed E-state index contributed by atoms with van der Waals surface area (Å²) in [5.74, 6) is 0.0687. The Balaban J connectivity index is 2.21. The topological polar surface area (TPSA) is 89.5 Å². The molecule has 0 aromatic heterocycles. The average Bonchev–Trinajstić information content (AvgIpc) is 2.47. The Morgan fingerprint density at radius 3 is 2.95 bits per heavy atom. The lowest BCUT2D eigenvalue weighted by atomic mass is 9.94. The molecule has 2 N–H and O–H groups in total. The number of nitrogens with two attached hydrogens (primary N) is 1. The summed E-state index contributed by atoms with van der Waals surface area (Å²) in [5, 5.41) is 11.3. The maximum Gasteiger partial charge on any atom is 0.283 e. The number of nitro groups is 1. The number of halogens is 1. The van der Waals surface area contributed by atoms with Crippen LogP contribution in [0.5, 0.6) is 0 Å². The Labute approximate surface area is 128 Å². The Bertz CT molecular complexity index is 548. The molecule has 7 heteroatoms. The van der Waals surface area contributed by atoms with E-state index in [1.54, 1.807) is 4.90 Å². The maximum atomic E-state index is 12.5. The van der Waals surface area contributed by atoms with E-state index < -0.39 is 4.92 Å². The molecule has 1 aliphatic rings. The summed E-state index contributed by atoms with van der Waals surface area (Å²) < 4.78 is 0. The number of nitro benzene ring substituents is 1. The molecule has 0 radical (unpaired) electrons. The molecule has 114 valence electrons. The fourth-order valence-electron chi connectivity index (χ4n) is 2.73. The van der Waals surface area contributed by atoms with E-state index in [1.807, 2.05) is 0 Å². The SMILES string of the molecule is NCCC1CCCN(C(=O)c2ccc(Cl)cc2[N+](=O)[O-])C1. The Hall–Kier alpha value is -1.66. The van der Waals surface area contributed by atoms with Crippen LogP contribution >= 0.6 is 11.6 Å². The molecule has 1 unspecified atom stereocenters. The summed E-state index contributed by atoms with van der Waals surface area (Å²) in [4.78, 5) is 24.7. The highest BCUT2D eigenvalue weighted by atomic mass is 35.5. The first-order valence-corrected chi connectivity index (χ1v) is 7.34. The molecule has 1 atom stereocenters. The highest BCUT2D eigenvalue weighted by Crippen LogP contribution is 2.27. The van der Waals surface area contributed by atoms with Crippen LogP contribution in [-0.4, -0.2) is 35.4 Å². The molecule has 1 fully saturated rings. The first-order chi connectivity index (χ1) is 10.0. The van der Waals surface area contributed by atoms with Gasteiger partial charge in [-0.1, -0.05) is 11.6 Å². The van der Waals surface area contributed by atoms with Crippen molar-refractivity contribution in [2.75, 3.05) is 19.6 Å². The molecular formula is C14H18ClN3O3. The first kappa shape index (κ1) is 15.7. The third-order valence-corrected chi connectivity index (χ3v) is 4.00. The van der Waals surface area contributed by atoms with Crippen LogP contribution in [-0.2, 0) is 0 Å². The predicted molar refractivity (Wildman–Crippen MR) is 80.4 cm³/mol. The molecule has 1 saturated heterocycles. The van der Waals surface area contributed by atoms with Crippen LogP contribution < -0.4 is 5.73 Å². The number of piperidine rings is 1. The second kappa shape index (κ2) is 6.87. The molecule has 2 rings (SSSR count). The summed E-state index contributed by atoms with van der Waals surface area (Å²) in [6.07, 6.45) is 2.81. The van der Waals surface area contributed by atoms with E-state index in [4.69, 9.17) is 17.3 Å². The standard InChI is InChI=1S/C14H18ClN3O3/c15-11-3-4-12(13(8-11)18(20)21)14(19)17-7-1-2-10(9-17)5-6-16/h3-4,8,10H,1-2,5-7,9,16H2. The molecule has 1 aliphatic heterocycles. The zero-order valence-electron chi connectivity index (χ0n) is 11.6. The van der Waals surface area contributed by atoms with Gasteiger partial charge in [-0.3, -0.25) is 14.9 Å². The third kappa shape index (κ3) is 3.71. The summed E-state index contributed by atoms with van der Waals surface area (Å²) in [7, 11) is 0. The van der Waals surface area contributed by atoms with Crippen LogP contribution in [0.25, 0.3) is 0 Å². The lowest BCUT2D eigenvalue weighted by molar-refractivity contribution is -0.385. The molecule has 0 spiro atoms.